The molecule has 174 valence electrons. The highest BCUT2D eigenvalue weighted by molar-refractivity contribution is 7.99. The molecule has 0 aliphatic heterocycles. The van der Waals surface area contributed by atoms with Crippen molar-refractivity contribution in [1.82, 2.24) is 9.97 Å². The second kappa shape index (κ2) is 10.5. The highest BCUT2D eigenvalue weighted by Gasteiger charge is 2.22. The van der Waals surface area contributed by atoms with Crippen LogP contribution in [0, 0.1) is 0 Å². The van der Waals surface area contributed by atoms with Crippen LogP contribution in [0.4, 0.5) is 5.69 Å². The van der Waals surface area contributed by atoms with Crippen LogP contribution in [0.25, 0.3) is 0 Å². The predicted molar refractivity (Wildman–Crippen MR) is 125 cm³/mol. The van der Waals surface area contributed by atoms with Gasteiger partial charge in [0.15, 0.2) is 10.1 Å². The van der Waals surface area contributed by atoms with Gasteiger partial charge in [0.25, 0.3) is 5.56 Å². The number of aromatic amines is 1. The summed E-state index contributed by atoms with van der Waals surface area (Å²) in [5, 5.41) is 2.83. The second-order valence-electron chi connectivity index (χ2n) is 6.79. The molecule has 2 N–H and O–H groups in total. The first-order valence-electron chi connectivity index (χ1n) is 9.86. The zero-order chi connectivity index (χ0) is 24.0. The van der Waals surface area contributed by atoms with Crippen LogP contribution < -0.4 is 20.3 Å². The average Bonchev–Trinajstić information content (AvgIpc) is 2.82. The zero-order valence-electron chi connectivity index (χ0n) is 18.2. The Morgan fingerprint density at radius 2 is 1.85 bits per heavy atom. The van der Waals surface area contributed by atoms with Gasteiger partial charge in [0, 0.05) is 6.07 Å². The molecule has 3 aromatic rings. The molecule has 0 bridgehead atoms. The van der Waals surface area contributed by atoms with Gasteiger partial charge in [0.05, 0.1) is 36.8 Å². The molecule has 9 nitrogen and oxygen atoms in total. The Kier molecular flexibility index (Phi) is 7.77. The number of carbonyl (C=O) groups excluding carboxylic acids is 1. The molecule has 33 heavy (non-hydrogen) atoms. The Balaban J connectivity index is 1.69. The fourth-order valence-electron chi connectivity index (χ4n) is 2.88. The van der Waals surface area contributed by atoms with E-state index in [0.29, 0.717) is 17.2 Å². The fraction of sp³-hybridized carbons (Fsp3) is 0.227. The first-order chi connectivity index (χ1) is 15.8. The van der Waals surface area contributed by atoms with Crippen molar-refractivity contribution in [3.63, 3.8) is 0 Å². The Morgan fingerprint density at radius 3 is 2.45 bits per heavy atom. The number of aromatic nitrogens is 2. The minimum Gasteiger partial charge on any atom is -0.497 e. The standard InChI is InChI=1S/C22H23N3O6S2/c1-4-14-5-8-16(9-6-14)33(28,29)19-12-23-22(25-21(19)27)32-13-20(26)24-17-10-7-15(30-2)11-18(17)31-3/h5-12H,4,13H2,1-3H3,(H,24,26)(H,23,25,27). The van der Waals surface area contributed by atoms with E-state index in [1.165, 1.54) is 26.4 Å². The summed E-state index contributed by atoms with van der Waals surface area (Å²) in [6, 6.07) is 11.3. The third kappa shape index (κ3) is 5.74. The molecule has 0 unspecified atom stereocenters. The van der Waals surface area contributed by atoms with Crippen molar-refractivity contribution < 1.29 is 22.7 Å². The van der Waals surface area contributed by atoms with Gasteiger partial charge in [-0.2, -0.15) is 0 Å². The van der Waals surface area contributed by atoms with Crippen molar-refractivity contribution in [2.75, 3.05) is 25.3 Å². The van der Waals surface area contributed by atoms with Gasteiger partial charge in [-0.05, 0) is 36.2 Å². The third-order valence-corrected chi connectivity index (χ3v) is 7.35. The number of aryl methyl sites for hydroxylation is 1. The summed E-state index contributed by atoms with van der Waals surface area (Å²) in [5.41, 5.74) is 0.642. The Morgan fingerprint density at radius 1 is 1.12 bits per heavy atom. The number of rotatable bonds is 9. The fourth-order valence-corrected chi connectivity index (χ4v) is 4.75. The molecule has 0 atom stereocenters. The van der Waals surface area contributed by atoms with Crippen molar-refractivity contribution in [2.45, 2.75) is 28.3 Å². The summed E-state index contributed by atoms with van der Waals surface area (Å²) in [6.45, 7) is 1.96. The Hall–Kier alpha value is -3.31. The average molecular weight is 490 g/mol. The van der Waals surface area contributed by atoms with E-state index in [4.69, 9.17) is 9.47 Å². The van der Waals surface area contributed by atoms with Crippen LogP contribution >= 0.6 is 11.8 Å². The number of nitrogens with zero attached hydrogens (tertiary/aromatic N) is 1. The van der Waals surface area contributed by atoms with Gasteiger partial charge in [-0.15, -0.1) is 0 Å². The number of sulfone groups is 1. The van der Waals surface area contributed by atoms with Crippen LogP contribution in [-0.4, -0.2) is 44.3 Å². The lowest BCUT2D eigenvalue weighted by molar-refractivity contribution is -0.113. The molecule has 0 aliphatic rings. The van der Waals surface area contributed by atoms with Crippen molar-refractivity contribution in [2.24, 2.45) is 0 Å². The molecule has 0 saturated heterocycles. The summed E-state index contributed by atoms with van der Waals surface area (Å²) in [5.74, 6) is 0.583. The van der Waals surface area contributed by atoms with Gasteiger partial charge in [-0.3, -0.25) is 9.59 Å². The van der Waals surface area contributed by atoms with E-state index in [1.54, 1.807) is 30.3 Å². The maximum Gasteiger partial charge on any atom is 0.270 e. The number of benzene rings is 2. The third-order valence-electron chi connectivity index (χ3n) is 4.70. The lowest BCUT2D eigenvalue weighted by Crippen LogP contribution is -2.20. The molecule has 0 radical (unpaired) electrons. The number of H-pyrrole nitrogens is 1. The monoisotopic (exact) mass is 489 g/mol. The number of nitrogens with one attached hydrogen (secondary N) is 2. The SMILES string of the molecule is CCc1ccc(S(=O)(=O)c2cnc(SCC(=O)Nc3ccc(OC)cc3OC)[nH]c2=O)cc1. The maximum atomic E-state index is 12.8. The van der Waals surface area contributed by atoms with E-state index in [9.17, 15) is 18.0 Å². The predicted octanol–water partition coefficient (Wildman–Crippen LogP) is 2.91. The van der Waals surface area contributed by atoms with Gasteiger partial charge < -0.3 is 19.8 Å². The second-order valence-corrected chi connectivity index (χ2v) is 9.67. The van der Waals surface area contributed by atoms with Gasteiger partial charge in [0.1, 0.15) is 11.5 Å². The number of hydrogen-bond donors (Lipinski definition) is 2. The van der Waals surface area contributed by atoms with Gasteiger partial charge in [0.2, 0.25) is 15.7 Å². The Bertz CT molecular complexity index is 1300. The molecule has 2 aromatic carbocycles. The lowest BCUT2D eigenvalue weighted by Gasteiger charge is -2.11. The van der Waals surface area contributed by atoms with Crippen LogP contribution in [0.5, 0.6) is 11.5 Å². The van der Waals surface area contributed by atoms with Crippen LogP contribution in [0.1, 0.15) is 12.5 Å². The molecule has 1 aromatic heterocycles. The number of amides is 1. The van der Waals surface area contributed by atoms with Crippen molar-refractivity contribution in [3.05, 3.63) is 64.6 Å². The van der Waals surface area contributed by atoms with E-state index in [2.05, 4.69) is 15.3 Å². The summed E-state index contributed by atoms with van der Waals surface area (Å²) < 4.78 is 35.9. The lowest BCUT2D eigenvalue weighted by atomic mass is 10.2. The van der Waals surface area contributed by atoms with Gasteiger partial charge >= 0.3 is 0 Å². The smallest absolute Gasteiger partial charge is 0.270 e. The highest BCUT2D eigenvalue weighted by atomic mass is 32.2. The van der Waals surface area contributed by atoms with E-state index >= 15 is 0 Å². The van der Waals surface area contributed by atoms with E-state index in [0.717, 1.165) is 29.9 Å². The summed E-state index contributed by atoms with van der Waals surface area (Å²) in [7, 11) is -1.02. The highest BCUT2D eigenvalue weighted by Crippen LogP contribution is 2.29. The minimum absolute atomic E-state index is 0.0141. The summed E-state index contributed by atoms with van der Waals surface area (Å²) in [4.78, 5) is 30.8. The molecule has 0 aliphatic carbocycles. The number of carbonyl (C=O) groups is 1. The topological polar surface area (TPSA) is 127 Å². The summed E-state index contributed by atoms with van der Waals surface area (Å²) >= 11 is 0.964. The van der Waals surface area contributed by atoms with Crippen LogP contribution in [0.15, 0.2) is 68.4 Å². The molecule has 0 spiro atoms. The van der Waals surface area contributed by atoms with E-state index in [-0.39, 0.29) is 21.7 Å². The first-order valence-corrected chi connectivity index (χ1v) is 12.3. The molecule has 0 fully saturated rings. The molecule has 0 saturated carbocycles. The number of thioether (sulfide) groups is 1. The molecule has 11 heteroatoms. The normalized spacial score (nSPS) is 11.1. The maximum absolute atomic E-state index is 12.8. The molecular formula is C22H23N3O6S2. The van der Waals surface area contributed by atoms with E-state index < -0.39 is 20.3 Å². The summed E-state index contributed by atoms with van der Waals surface area (Å²) in [6.07, 6.45) is 1.78. The van der Waals surface area contributed by atoms with Crippen molar-refractivity contribution >= 4 is 33.2 Å². The van der Waals surface area contributed by atoms with Crippen LogP contribution in [0.2, 0.25) is 0 Å². The first kappa shape index (κ1) is 24.3. The van der Waals surface area contributed by atoms with Crippen molar-refractivity contribution in [1.29, 1.82) is 0 Å². The minimum atomic E-state index is -4.02. The van der Waals surface area contributed by atoms with Crippen molar-refractivity contribution in [3.8, 4) is 11.5 Å². The molecule has 3 rings (SSSR count). The largest absolute Gasteiger partial charge is 0.497 e. The quantitative estimate of drug-likeness (QED) is 0.347. The zero-order valence-corrected chi connectivity index (χ0v) is 19.9. The number of hydrogen-bond acceptors (Lipinski definition) is 8. The molecular weight excluding hydrogens is 466 g/mol. The molecule has 1 heterocycles. The number of methoxy groups -OCH3 is 2. The van der Waals surface area contributed by atoms with Gasteiger partial charge in [-0.1, -0.05) is 30.8 Å². The number of ether oxygens (including phenoxy) is 2. The Labute approximate surface area is 195 Å². The van der Waals surface area contributed by atoms with Crippen LogP contribution in [0.3, 0.4) is 0 Å². The van der Waals surface area contributed by atoms with Crippen LogP contribution in [-0.2, 0) is 21.1 Å². The van der Waals surface area contributed by atoms with Gasteiger partial charge in [-0.25, -0.2) is 13.4 Å². The van der Waals surface area contributed by atoms with E-state index in [1.807, 2.05) is 6.92 Å². The number of anilines is 1. The molecule has 1 amide bonds.